The molecule has 6 nitrogen and oxygen atoms in total. The normalized spacial score (nSPS) is 10.6. The number of hydrazine groups is 1. The van der Waals surface area contributed by atoms with E-state index < -0.39 is 0 Å². The fourth-order valence-electron chi connectivity index (χ4n) is 2.37. The zero-order valence-corrected chi connectivity index (χ0v) is 13.7. The lowest BCUT2D eigenvalue weighted by atomic mass is 10.2. The van der Waals surface area contributed by atoms with E-state index in [9.17, 15) is 9.59 Å². The Balaban J connectivity index is 1.90. The first kappa shape index (κ1) is 16.0. The molecule has 0 saturated carbocycles. The topological polar surface area (TPSA) is 76.0 Å². The highest BCUT2D eigenvalue weighted by Gasteiger charge is 2.11. The number of carbonyl (C=O) groups is 1. The highest BCUT2D eigenvalue weighted by molar-refractivity contribution is 6.30. The van der Waals surface area contributed by atoms with Gasteiger partial charge in [0.1, 0.15) is 0 Å². The zero-order valence-electron chi connectivity index (χ0n) is 12.9. The molecule has 0 unspecified atom stereocenters. The van der Waals surface area contributed by atoms with Gasteiger partial charge in [0, 0.05) is 17.1 Å². The third-order valence-electron chi connectivity index (χ3n) is 3.55. The highest BCUT2D eigenvalue weighted by atomic mass is 35.5. The van der Waals surface area contributed by atoms with E-state index in [0.29, 0.717) is 28.0 Å². The maximum atomic E-state index is 12.5. The molecule has 0 fully saturated rings. The molecule has 3 rings (SSSR count). The van der Waals surface area contributed by atoms with Crippen LogP contribution >= 0.6 is 11.6 Å². The van der Waals surface area contributed by atoms with Crippen molar-refractivity contribution in [3.63, 3.8) is 0 Å². The Hall–Kier alpha value is -2.86. The van der Waals surface area contributed by atoms with Crippen LogP contribution in [0, 0.1) is 0 Å². The molecule has 122 valence electrons. The number of benzene rings is 2. The van der Waals surface area contributed by atoms with Crippen LogP contribution in [0.15, 0.2) is 53.3 Å². The van der Waals surface area contributed by atoms with Crippen molar-refractivity contribution in [2.24, 2.45) is 0 Å². The van der Waals surface area contributed by atoms with Gasteiger partial charge >= 0.3 is 0 Å². The Morgan fingerprint density at radius 2 is 2.00 bits per heavy atom. The monoisotopic (exact) mass is 342 g/mol. The number of fused-ring (bicyclic) bond motifs is 1. The minimum absolute atomic E-state index is 0.164. The predicted molar refractivity (Wildman–Crippen MR) is 94.2 cm³/mol. The van der Waals surface area contributed by atoms with E-state index in [2.05, 4.69) is 15.8 Å². The van der Waals surface area contributed by atoms with E-state index in [1.54, 1.807) is 48.5 Å². The standard InChI is InChI=1S/C17H15ClN4O2/c1-2-22-16(24)13-8-3-4-9-14(13)19-17(22)21-20-15(23)11-6-5-7-12(18)10-11/h3-10H,2H2,1H3,(H,19,21)(H,20,23). The van der Waals surface area contributed by atoms with Crippen LogP contribution in [-0.2, 0) is 6.54 Å². The number of amides is 1. The van der Waals surface area contributed by atoms with Gasteiger partial charge in [0.2, 0.25) is 5.95 Å². The summed E-state index contributed by atoms with van der Waals surface area (Å²) in [5, 5.41) is 1.00. The van der Waals surface area contributed by atoms with Crippen LogP contribution in [0.2, 0.25) is 5.02 Å². The summed E-state index contributed by atoms with van der Waals surface area (Å²) in [6, 6.07) is 13.6. The third-order valence-corrected chi connectivity index (χ3v) is 3.79. The molecule has 7 heteroatoms. The van der Waals surface area contributed by atoms with E-state index >= 15 is 0 Å². The lowest BCUT2D eigenvalue weighted by Crippen LogP contribution is -2.34. The minimum Gasteiger partial charge on any atom is -0.277 e. The number of nitrogens with one attached hydrogen (secondary N) is 2. The van der Waals surface area contributed by atoms with E-state index in [-0.39, 0.29) is 17.4 Å². The van der Waals surface area contributed by atoms with Crippen LogP contribution in [0.1, 0.15) is 17.3 Å². The van der Waals surface area contributed by atoms with Crippen LogP contribution in [0.3, 0.4) is 0 Å². The number of anilines is 1. The molecule has 1 heterocycles. The molecule has 24 heavy (non-hydrogen) atoms. The fraction of sp³-hybridized carbons (Fsp3) is 0.118. The molecular weight excluding hydrogens is 328 g/mol. The molecule has 2 aromatic carbocycles. The number of rotatable bonds is 4. The quantitative estimate of drug-likeness (QED) is 0.715. The molecule has 2 N–H and O–H groups in total. The molecule has 0 bridgehead atoms. The summed E-state index contributed by atoms with van der Waals surface area (Å²) in [6.45, 7) is 2.26. The van der Waals surface area contributed by atoms with Crippen LogP contribution in [0.4, 0.5) is 5.95 Å². The first-order valence-corrected chi connectivity index (χ1v) is 7.79. The molecule has 3 aromatic rings. The largest absolute Gasteiger partial charge is 0.277 e. The van der Waals surface area contributed by atoms with Gasteiger partial charge in [-0.05, 0) is 37.3 Å². The third kappa shape index (κ3) is 3.09. The average Bonchev–Trinajstić information content (AvgIpc) is 2.60. The number of aromatic nitrogens is 2. The molecule has 0 atom stereocenters. The number of nitrogens with zero attached hydrogens (tertiary/aromatic N) is 2. The van der Waals surface area contributed by atoms with Gasteiger partial charge in [-0.25, -0.2) is 4.98 Å². The molecule has 0 spiro atoms. The first-order valence-electron chi connectivity index (χ1n) is 7.41. The summed E-state index contributed by atoms with van der Waals surface area (Å²) in [5.74, 6) is -0.0980. The van der Waals surface area contributed by atoms with Crippen molar-refractivity contribution < 1.29 is 4.79 Å². The van der Waals surface area contributed by atoms with Crippen molar-refractivity contribution in [3.8, 4) is 0 Å². The predicted octanol–water partition coefficient (Wildman–Crippen LogP) is 2.83. The van der Waals surface area contributed by atoms with E-state index in [0.717, 1.165) is 0 Å². The van der Waals surface area contributed by atoms with Crippen LogP contribution in [0.5, 0.6) is 0 Å². The number of para-hydroxylation sites is 1. The zero-order chi connectivity index (χ0) is 17.1. The fourth-order valence-corrected chi connectivity index (χ4v) is 2.56. The Morgan fingerprint density at radius 1 is 1.21 bits per heavy atom. The first-order chi connectivity index (χ1) is 11.6. The number of halogens is 1. The van der Waals surface area contributed by atoms with Gasteiger partial charge in [-0.15, -0.1) is 0 Å². The van der Waals surface area contributed by atoms with Crippen molar-refractivity contribution >= 4 is 34.4 Å². The molecule has 1 amide bonds. The molecular formula is C17H15ClN4O2. The van der Waals surface area contributed by atoms with E-state index in [1.165, 1.54) is 4.57 Å². The van der Waals surface area contributed by atoms with Crippen LogP contribution in [0.25, 0.3) is 10.9 Å². The van der Waals surface area contributed by atoms with E-state index in [4.69, 9.17) is 11.6 Å². The second-order valence-electron chi connectivity index (χ2n) is 5.09. The van der Waals surface area contributed by atoms with Gasteiger partial charge in [0.15, 0.2) is 0 Å². The van der Waals surface area contributed by atoms with Gasteiger partial charge in [0.05, 0.1) is 10.9 Å². The molecule has 0 aliphatic heterocycles. The Morgan fingerprint density at radius 3 is 2.75 bits per heavy atom. The number of hydrogen-bond donors (Lipinski definition) is 2. The smallest absolute Gasteiger partial charge is 0.269 e. The Labute approximate surface area is 143 Å². The number of hydrogen-bond acceptors (Lipinski definition) is 4. The van der Waals surface area contributed by atoms with Crippen LogP contribution < -0.4 is 16.4 Å². The molecule has 1 aromatic heterocycles. The number of carbonyl (C=O) groups excluding carboxylic acids is 1. The molecule has 0 radical (unpaired) electrons. The van der Waals surface area contributed by atoms with Crippen molar-refractivity contribution in [2.45, 2.75) is 13.5 Å². The van der Waals surface area contributed by atoms with E-state index in [1.807, 2.05) is 6.92 Å². The molecule has 0 aliphatic carbocycles. The summed E-state index contributed by atoms with van der Waals surface area (Å²) >= 11 is 5.88. The maximum Gasteiger partial charge on any atom is 0.269 e. The summed E-state index contributed by atoms with van der Waals surface area (Å²) < 4.78 is 1.46. The molecule has 0 aliphatic rings. The van der Waals surface area contributed by atoms with Gasteiger partial charge < -0.3 is 0 Å². The summed E-state index contributed by atoms with van der Waals surface area (Å²) in [4.78, 5) is 29.1. The average molecular weight is 343 g/mol. The molecule has 0 saturated heterocycles. The maximum absolute atomic E-state index is 12.5. The van der Waals surface area contributed by atoms with Crippen molar-refractivity contribution in [2.75, 3.05) is 5.43 Å². The summed E-state index contributed by atoms with van der Waals surface area (Å²) in [7, 11) is 0. The Kier molecular flexibility index (Phi) is 4.48. The van der Waals surface area contributed by atoms with Gasteiger partial charge in [-0.2, -0.15) is 0 Å². The van der Waals surface area contributed by atoms with Gasteiger partial charge in [0.25, 0.3) is 11.5 Å². The van der Waals surface area contributed by atoms with Gasteiger partial charge in [-0.1, -0.05) is 29.8 Å². The van der Waals surface area contributed by atoms with Gasteiger partial charge in [-0.3, -0.25) is 25.0 Å². The summed E-state index contributed by atoms with van der Waals surface area (Å²) in [6.07, 6.45) is 0. The highest BCUT2D eigenvalue weighted by Crippen LogP contribution is 2.12. The second kappa shape index (κ2) is 6.72. The lowest BCUT2D eigenvalue weighted by Gasteiger charge is -2.14. The Bertz CT molecular complexity index is 968. The second-order valence-corrected chi connectivity index (χ2v) is 5.53. The van der Waals surface area contributed by atoms with Crippen molar-refractivity contribution in [1.29, 1.82) is 0 Å². The summed E-state index contributed by atoms with van der Waals surface area (Å²) in [5.41, 5.74) is 6.06. The van der Waals surface area contributed by atoms with Crippen LogP contribution in [-0.4, -0.2) is 15.5 Å². The minimum atomic E-state index is -0.373. The SMILES string of the molecule is CCn1c(NNC(=O)c2cccc(Cl)c2)nc2ccccc2c1=O. The van der Waals surface area contributed by atoms with Crippen molar-refractivity contribution in [3.05, 3.63) is 69.5 Å². The van der Waals surface area contributed by atoms with Crippen molar-refractivity contribution in [1.82, 2.24) is 15.0 Å². The lowest BCUT2D eigenvalue weighted by molar-refractivity contribution is 0.0962.